The van der Waals surface area contributed by atoms with E-state index in [1.807, 2.05) is 38.2 Å². The molecule has 4 rings (SSSR count). The van der Waals surface area contributed by atoms with Gasteiger partial charge in [0, 0.05) is 48.1 Å². The molecule has 0 spiro atoms. The lowest BCUT2D eigenvalue weighted by molar-refractivity contribution is 0.285. The Morgan fingerprint density at radius 1 is 1.23 bits per heavy atom. The number of ether oxygens (including phenoxy) is 2. The Morgan fingerprint density at radius 2 is 2.07 bits per heavy atom. The molecule has 1 aliphatic carbocycles. The van der Waals surface area contributed by atoms with Gasteiger partial charge in [-0.1, -0.05) is 6.92 Å². The van der Waals surface area contributed by atoms with E-state index in [1.54, 1.807) is 31.1 Å². The van der Waals surface area contributed by atoms with Crippen LogP contribution in [0.4, 0.5) is 0 Å². The van der Waals surface area contributed by atoms with Crippen LogP contribution in [0.3, 0.4) is 0 Å². The summed E-state index contributed by atoms with van der Waals surface area (Å²) in [6, 6.07) is 5.86. The molecule has 2 atom stereocenters. The molecule has 156 valence electrons. The fourth-order valence-corrected chi connectivity index (χ4v) is 3.65. The van der Waals surface area contributed by atoms with Crippen LogP contribution in [0.5, 0.6) is 11.6 Å². The second-order valence-electron chi connectivity index (χ2n) is 7.70. The Labute approximate surface area is 175 Å². The Kier molecular flexibility index (Phi) is 5.53. The molecular weight excluding hydrogens is 380 g/mol. The van der Waals surface area contributed by atoms with Crippen molar-refractivity contribution in [2.45, 2.75) is 32.6 Å². The molecule has 0 N–H and O–H groups in total. The number of pyridine rings is 2. The molecule has 1 saturated carbocycles. The fraction of sp³-hybridized carbons (Fsp3) is 0.391. The number of rotatable bonds is 7. The van der Waals surface area contributed by atoms with Gasteiger partial charge in [-0.3, -0.25) is 9.78 Å². The average molecular weight is 406 g/mol. The lowest BCUT2D eigenvalue weighted by Crippen LogP contribution is -2.20. The van der Waals surface area contributed by atoms with Gasteiger partial charge in [-0.05, 0) is 38.0 Å². The topological polar surface area (TPSA) is 79.1 Å². The summed E-state index contributed by atoms with van der Waals surface area (Å²) in [5.41, 5.74) is 3.52. The molecule has 3 aromatic heterocycles. The highest BCUT2D eigenvalue weighted by atomic mass is 16.5. The predicted octanol–water partition coefficient (Wildman–Crippen LogP) is 3.30. The van der Waals surface area contributed by atoms with Gasteiger partial charge in [0.15, 0.2) is 0 Å². The first kappa shape index (κ1) is 20.1. The standard InChI is InChI=1S/C23H26N4O3/c1-5-15-8-16(12-27(3)23(15)28)20-11-24-14(2)26-22(20)30-13-17-9-19(17)21-7-6-18(29-4)10-25-21/h6-8,10-12,17,19H,5,9,13H2,1-4H3/t17-,19+/m1/s1. The number of hydrogen-bond acceptors (Lipinski definition) is 6. The third-order valence-electron chi connectivity index (χ3n) is 5.56. The van der Waals surface area contributed by atoms with Crippen LogP contribution in [-0.4, -0.2) is 33.2 Å². The number of hydrogen-bond donors (Lipinski definition) is 0. The van der Waals surface area contributed by atoms with Crippen LogP contribution in [0.15, 0.2) is 41.6 Å². The molecule has 7 heteroatoms. The molecule has 0 aromatic carbocycles. The summed E-state index contributed by atoms with van der Waals surface area (Å²) in [6.45, 7) is 4.38. The summed E-state index contributed by atoms with van der Waals surface area (Å²) in [5.74, 6) is 2.76. The number of nitrogens with zero attached hydrogens (tertiary/aromatic N) is 4. The van der Waals surface area contributed by atoms with E-state index in [-0.39, 0.29) is 5.56 Å². The normalized spacial score (nSPS) is 17.6. The van der Waals surface area contributed by atoms with Gasteiger partial charge in [-0.2, -0.15) is 4.98 Å². The molecule has 3 aromatic rings. The summed E-state index contributed by atoms with van der Waals surface area (Å²) >= 11 is 0. The molecule has 3 heterocycles. The molecule has 0 radical (unpaired) electrons. The number of aryl methyl sites for hydroxylation is 3. The van der Waals surface area contributed by atoms with Crippen molar-refractivity contribution in [3.8, 4) is 22.8 Å². The Bertz CT molecular complexity index is 1110. The van der Waals surface area contributed by atoms with E-state index >= 15 is 0 Å². The van der Waals surface area contributed by atoms with Gasteiger partial charge in [0.1, 0.15) is 11.6 Å². The molecule has 0 amide bonds. The zero-order valence-corrected chi connectivity index (χ0v) is 17.8. The summed E-state index contributed by atoms with van der Waals surface area (Å²) in [6.07, 6.45) is 7.04. The molecule has 30 heavy (non-hydrogen) atoms. The van der Waals surface area contributed by atoms with Crippen molar-refractivity contribution in [3.63, 3.8) is 0 Å². The van der Waals surface area contributed by atoms with Crippen LogP contribution in [-0.2, 0) is 13.5 Å². The zero-order valence-electron chi connectivity index (χ0n) is 17.8. The van der Waals surface area contributed by atoms with E-state index in [4.69, 9.17) is 9.47 Å². The molecule has 0 saturated heterocycles. The van der Waals surface area contributed by atoms with Crippen molar-refractivity contribution in [3.05, 3.63) is 64.2 Å². The zero-order chi connectivity index (χ0) is 21.3. The predicted molar refractivity (Wildman–Crippen MR) is 114 cm³/mol. The summed E-state index contributed by atoms with van der Waals surface area (Å²) in [4.78, 5) is 25.6. The second kappa shape index (κ2) is 8.26. The number of methoxy groups -OCH3 is 1. The highest BCUT2D eigenvalue weighted by molar-refractivity contribution is 5.67. The van der Waals surface area contributed by atoms with E-state index in [1.165, 1.54) is 0 Å². The van der Waals surface area contributed by atoms with Crippen molar-refractivity contribution >= 4 is 0 Å². The van der Waals surface area contributed by atoms with Gasteiger partial charge in [-0.15, -0.1) is 0 Å². The van der Waals surface area contributed by atoms with Crippen LogP contribution in [0.1, 0.15) is 36.3 Å². The van der Waals surface area contributed by atoms with Gasteiger partial charge in [0.25, 0.3) is 5.56 Å². The monoisotopic (exact) mass is 406 g/mol. The van der Waals surface area contributed by atoms with Gasteiger partial charge in [0.05, 0.1) is 25.5 Å². The number of aromatic nitrogens is 4. The van der Waals surface area contributed by atoms with Crippen molar-refractivity contribution < 1.29 is 9.47 Å². The smallest absolute Gasteiger partial charge is 0.253 e. The van der Waals surface area contributed by atoms with E-state index in [0.717, 1.165) is 34.6 Å². The summed E-state index contributed by atoms with van der Waals surface area (Å²) < 4.78 is 12.9. The molecule has 1 aliphatic rings. The molecule has 0 unspecified atom stereocenters. The third kappa shape index (κ3) is 4.06. The Balaban J connectivity index is 1.52. The van der Waals surface area contributed by atoms with Crippen LogP contribution >= 0.6 is 0 Å². The molecule has 7 nitrogen and oxygen atoms in total. The largest absolute Gasteiger partial charge is 0.495 e. The highest BCUT2D eigenvalue weighted by Crippen LogP contribution is 2.47. The van der Waals surface area contributed by atoms with Gasteiger partial charge >= 0.3 is 0 Å². The molecule has 1 fully saturated rings. The summed E-state index contributed by atoms with van der Waals surface area (Å²) in [5, 5.41) is 0. The van der Waals surface area contributed by atoms with Crippen molar-refractivity contribution in [2.75, 3.05) is 13.7 Å². The van der Waals surface area contributed by atoms with Crippen molar-refractivity contribution in [2.24, 2.45) is 13.0 Å². The Hall–Kier alpha value is -3.22. The minimum Gasteiger partial charge on any atom is -0.495 e. The fourth-order valence-electron chi connectivity index (χ4n) is 3.65. The minimum atomic E-state index is 0.0181. The van der Waals surface area contributed by atoms with E-state index in [2.05, 4.69) is 15.0 Å². The molecular formula is C23H26N4O3. The maximum absolute atomic E-state index is 12.2. The SMILES string of the molecule is CCc1cc(-c2cnc(C)nc2OC[C@H]2C[C@@H]2c2ccc(OC)cn2)cn(C)c1=O. The van der Waals surface area contributed by atoms with Gasteiger partial charge < -0.3 is 14.0 Å². The second-order valence-corrected chi connectivity index (χ2v) is 7.70. The first-order chi connectivity index (χ1) is 14.5. The lowest BCUT2D eigenvalue weighted by Gasteiger charge is -2.13. The minimum absolute atomic E-state index is 0.0181. The first-order valence-electron chi connectivity index (χ1n) is 10.2. The van der Waals surface area contributed by atoms with Crippen LogP contribution < -0.4 is 15.0 Å². The Morgan fingerprint density at radius 3 is 2.77 bits per heavy atom. The summed E-state index contributed by atoms with van der Waals surface area (Å²) in [7, 11) is 3.40. The van der Waals surface area contributed by atoms with Crippen LogP contribution in [0.2, 0.25) is 0 Å². The van der Waals surface area contributed by atoms with Gasteiger partial charge in [-0.25, -0.2) is 4.98 Å². The molecule has 0 bridgehead atoms. The van der Waals surface area contributed by atoms with Crippen LogP contribution in [0.25, 0.3) is 11.1 Å². The van der Waals surface area contributed by atoms with Crippen molar-refractivity contribution in [1.29, 1.82) is 0 Å². The average Bonchev–Trinajstić information content (AvgIpc) is 3.54. The van der Waals surface area contributed by atoms with E-state index in [9.17, 15) is 4.79 Å². The van der Waals surface area contributed by atoms with E-state index < -0.39 is 0 Å². The van der Waals surface area contributed by atoms with Crippen LogP contribution in [0, 0.1) is 12.8 Å². The highest BCUT2D eigenvalue weighted by Gasteiger charge is 2.40. The first-order valence-corrected chi connectivity index (χ1v) is 10.2. The molecule has 0 aliphatic heterocycles. The van der Waals surface area contributed by atoms with E-state index in [0.29, 0.717) is 36.6 Å². The maximum atomic E-state index is 12.2. The van der Waals surface area contributed by atoms with Gasteiger partial charge in [0.2, 0.25) is 5.88 Å². The quantitative estimate of drug-likeness (QED) is 0.599. The lowest BCUT2D eigenvalue weighted by atomic mass is 10.1. The van der Waals surface area contributed by atoms with Crippen molar-refractivity contribution in [1.82, 2.24) is 19.5 Å². The third-order valence-corrected chi connectivity index (χ3v) is 5.56. The maximum Gasteiger partial charge on any atom is 0.253 e.